The summed E-state index contributed by atoms with van der Waals surface area (Å²) in [5, 5.41) is 2.62. The highest BCUT2D eigenvalue weighted by molar-refractivity contribution is 5.88. The zero-order valence-corrected chi connectivity index (χ0v) is 11.1. The van der Waals surface area contributed by atoms with Crippen molar-refractivity contribution in [1.82, 2.24) is 5.32 Å². The smallest absolute Gasteiger partial charge is 0.252 e. The largest absolute Gasteiger partial charge is 0.376 e. The molecule has 1 aliphatic rings. The number of hydrogen-bond acceptors (Lipinski definition) is 4. The summed E-state index contributed by atoms with van der Waals surface area (Å²) in [5.41, 5.74) is 6.26. The lowest BCUT2D eigenvalue weighted by Crippen LogP contribution is -2.51. The van der Waals surface area contributed by atoms with Crippen molar-refractivity contribution in [3.8, 4) is 0 Å². The molecule has 0 radical (unpaired) electrons. The summed E-state index contributed by atoms with van der Waals surface area (Å²) in [6.07, 6.45) is -0.323. The summed E-state index contributed by atoms with van der Waals surface area (Å²) in [6, 6.07) is 8.62. The molecule has 2 atom stereocenters. The highest BCUT2D eigenvalue weighted by Crippen LogP contribution is 2.05. The van der Waals surface area contributed by atoms with Crippen LogP contribution in [-0.2, 0) is 25.5 Å². The van der Waals surface area contributed by atoms with Crippen molar-refractivity contribution in [2.45, 2.75) is 18.6 Å². The second kappa shape index (κ2) is 7.02. The Kier molecular flexibility index (Phi) is 5.09. The second-order valence-electron chi connectivity index (χ2n) is 4.59. The van der Waals surface area contributed by atoms with Gasteiger partial charge >= 0.3 is 0 Å². The number of ether oxygens (including phenoxy) is 2. The lowest BCUT2D eigenvalue weighted by molar-refractivity contribution is -0.149. The fraction of sp³-hybridized carbons (Fsp3) is 0.429. The van der Waals surface area contributed by atoms with Gasteiger partial charge in [-0.1, -0.05) is 30.3 Å². The Bertz CT molecular complexity index is 458. The average Bonchev–Trinajstić information content (AvgIpc) is 2.48. The van der Waals surface area contributed by atoms with Crippen LogP contribution in [0.4, 0.5) is 0 Å². The van der Waals surface area contributed by atoms with Crippen molar-refractivity contribution in [2.75, 3.05) is 19.8 Å². The SMILES string of the molecule is NC(=O)C(Cc1ccccc1)NC(=O)C1COCCO1. The second-order valence-corrected chi connectivity index (χ2v) is 4.59. The van der Waals surface area contributed by atoms with E-state index >= 15 is 0 Å². The lowest BCUT2D eigenvalue weighted by atomic mass is 10.1. The number of carbonyl (C=O) groups excluding carboxylic acids is 2. The first-order chi connectivity index (χ1) is 9.66. The van der Waals surface area contributed by atoms with Crippen LogP contribution < -0.4 is 11.1 Å². The Morgan fingerprint density at radius 3 is 2.65 bits per heavy atom. The van der Waals surface area contributed by atoms with Gasteiger partial charge in [-0.3, -0.25) is 9.59 Å². The Balaban J connectivity index is 1.95. The topological polar surface area (TPSA) is 90.7 Å². The molecule has 1 aromatic rings. The van der Waals surface area contributed by atoms with Gasteiger partial charge in [0.25, 0.3) is 5.91 Å². The molecular weight excluding hydrogens is 260 g/mol. The van der Waals surface area contributed by atoms with Crippen LogP contribution in [0.1, 0.15) is 5.56 Å². The van der Waals surface area contributed by atoms with E-state index in [9.17, 15) is 9.59 Å². The molecule has 1 aliphatic heterocycles. The molecule has 0 aliphatic carbocycles. The number of benzene rings is 1. The minimum absolute atomic E-state index is 0.197. The molecule has 1 aromatic carbocycles. The molecule has 1 heterocycles. The Labute approximate surface area is 117 Å². The van der Waals surface area contributed by atoms with Gasteiger partial charge in [-0.25, -0.2) is 0 Å². The summed E-state index contributed by atoms with van der Waals surface area (Å²) in [6.45, 7) is 1.05. The van der Waals surface area contributed by atoms with E-state index in [1.165, 1.54) is 0 Å². The van der Waals surface area contributed by atoms with E-state index in [0.29, 0.717) is 19.6 Å². The molecular formula is C14H18N2O4. The van der Waals surface area contributed by atoms with E-state index in [0.717, 1.165) is 5.56 Å². The zero-order chi connectivity index (χ0) is 14.4. The van der Waals surface area contributed by atoms with E-state index < -0.39 is 18.1 Å². The molecule has 2 rings (SSSR count). The average molecular weight is 278 g/mol. The van der Waals surface area contributed by atoms with Gasteiger partial charge < -0.3 is 20.5 Å². The third kappa shape index (κ3) is 4.04. The molecule has 0 saturated carbocycles. The molecule has 2 unspecified atom stereocenters. The Morgan fingerprint density at radius 2 is 2.05 bits per heavy atom. The van der Waals surface area contributed by atoms with Crippen LogP contribution >= 0.6 is 0 Å². The van der Waals surface area contributed by atoms with E-state index in [-0.39, 0.29) is 12.5 Å². The first kappa shape index (κ1) is 14.5. The molecule has 108 valence electrons. The summed E-state index contributed by atoms with van der Waals surface area (Å²) in [4.78, 5) is 23.4. The number of primary amides is 1. The Hall–Kier alpha value is -1.92. The highest BCUT2D eigenvalue weighted by atomic mass is 16.6. The van der Waals surface area contributed by atoms with E-state index in [4.69, 9.17) is 15.2 Å². The number of rotatable bonds is 5. The summed E-state index contributed by atoms with van der Waals surface area (Å²) in [5.74, 6) is -0.941. The van der Waals surface area contributed by atoms with Crippen molar-refractivity contribution >= 4 is 11.8 Å². The molecule has 3 N–H and O–H groups in total. The van der Waals surface area contributed by atoms with Gasteiger partial charge in [-0.15, -0.1) is 0 Å². The third-order valence-corrected chi connectivity index (χ3v) is 3.05. The maximum Gasteiger partial charge on any atom is 0.252 e. The van der Waals surface area contributed by atoms with Crippen LogP contribution in [0, 0.1) is 0 Å². The van der Waals surface area contributed by atoms with Crippen LogP contribution in [0.2, 0.25) is 0 Å². The summed E-state index contributed by atoms with van der Waals surface area (Å²) >= 11 is 0. The van der Waals surface area contributed by atoms with Gasteiger partial charge in [-0.2, -0.15) is 0 Å². The number of carbonyl (C=O) groups is 2. The van der Waals surface area contributed by atoms with Crippen molar-refractivity contribution in [1.29, 1.82) is 0 Å². The maximum absolute atomic E-state index is 12.0. The van der Waals surface area contributed by atoms with Gasteiger partial charge in [0.2, 0.25) is 5.91 Å². The minimum Gasteiger partial charge on any atom is -0.376 e. The van der Waals surface area contributed by atoms with Crippen LogP contribution in [0.5, 0.6) is 0 Å². The van der Waals surface area contributed by atoms with Crippen LogP contribution in [0.3, 0.4) is 0 Å². The molecule has 20 heavy (non-hydrogen) atoms. The monoisotopic (exact) mass is 278 g/mol. The molecule has 0 aromatic heterocycles. The van der Waals surface area contributed by atoms with Gasteiger partial charge in [0.05, 0.1) is 19.8 Å². The van der Waals surface area contributed by atoms with Crippen molar-refractivity contribution < 1.29 is 19.1 Å². The number of amides is 2. The molecule has 0 bridgehead atoms. The highest BCUT2D eigenvalue weighted by Gasteiger charge is 2.26. The quantitative estimate of drug-likeness (QED) is 0.768. The predicted molar refractivity (Wildman–Crippen MR) is 71.8 cm³/mol. The fourth-order valence-electron chi connectivity index (χ4n) is 1.98. The van der Waals surface area contributed by atoms with Gasteiger partial charge in [0.15, 0.2) is 6.10 Å². The lowest BCUT2D eigenvalue weighted by Gasteiger charge is -2.24. The minimum atomic E-state index is -0.754. The Morgan fingerprint density at radius 1 is 1.30 bits per heavy atom. The van der Waals surface area contributed by atoms with Gasteiger partial charge in [-0.05, 0) is 5.56 Å². The number of nitrogens with one attached hydrogen (secondary N) is 1. The summed E-state index contributed by atoms with van der Waals surface area (Å²) < 4.78 is 10.4. The molecule has 6 heteroatoms. The van der Waals surface area contributed by atoms with E-state index in [2.05, 4.69) is 5.32 Å². The van der Waals surface area contributed by atoms with Gasteiger partial charge in [0.1, 0.15) is 6.04 Å². The first-order valence-corrected chi connectivity index (χ1v) is 6.50. The normalized spacial score (nSPS) is 20.1. The standard InChI is InChI=1S/C14H18N2O4/c15-13(17)11(8-10-4-2-1-3-5-10)16-14(18)12-9-19-6-7-20-12/h1-5,11-12H,6-9H2,(H2,15,17)(H,16,18). The number of nitrogens with two attached hydrogens (primary N) is 1. The van der Waals surface area contributed by atoms with Gasteiger partial charge in [0, 0.05) is 6.42 Å². The van der Waals surface area contributed by atoms with E-state index in [1.54, 1.807) is 0 Å². The first-order valence-electron chi connectivity index (χ1n) is 6.50. The van der Waals surface area contributed by atoms with Crippen LogP contribution in [-0.4, -0.2) is 43.8 Å². The molecule has 1 fully saturated rings. The molecule has 0 spiro atoms. The van der Waals surface area contributed by atoms with E-state index in [1.807, 2.05) is 30.3 Å². The van der Waals surface area contributed by atoms with Crippen molar-refractivity contribution in [2.24, 2.45) is 5.73 Å². The maximum atomic E-state index is 12.0. The number of hydrogen-bond donors (Lipinski definition) is 2. The van der Waals surface area contributed by atoms with Crippen molar-refractivity contribution in [3.05, 3.63) is 35.9 Å². The zero-order valence-electron chi connectivity index (χ0n) is 11.1. The molecule has 1 saturated heterocycles. The fourth-order valence-corrected chi connectivity index (χ4v) is 1.98. The predicted octanol–water partition coefficient (Wildman–Crippen LogP) is -0.385. The van der Waals surface area contributed by atoms with Crippen LogP contribution in [0.15, 0.2) is 30.3 Å². The molecule has 6 nitrogen and oxygen atoms in total. The summed E-state index contributed by atoms with van der Waals surface area (Å²) in [7, 11) is 0. The third-order valence-electron chi connectivity index (χ3n) is 3.05. The molecule has 2 amide bonds. The van der Waals surface area contributed by atoms with Crippen LogP contribution in [0.25, 0.3) is 0 Å². The van der Waals surface area contributed by atoms with Crippen molar-refractivity contribution in [3.63, 3.8) is 0 Å².